The Hall–Kier alpha value is -0.0500. The largest absolute Gasteiger partial charge is 1.00 e. The first kappa shape index (κ1) is 60.0. The molecule has 0 unspecified atom stereocenters. The van der Waals surface area contributed by atoms with Crippen LogP contribution in [0.2, 0.25) is 0 Å². The Labute approximate surface area is 439 Å². The summed E-state index contributed by atoms with van der Waals surface area (Å²) in [6.45, 7) is 15.2. The van der Waals surface area contributed by atoms with E-state index in [1.807, 2.05) is 65.0 Å². The van der Waals surface area contributed by atoms with Crippen molar-refractivity contribution in [2.75, 3.05) is 77.0 Å². The van der Waals surface area contributed by atoms with Crippen LogP contribution in [-0.4, -0.2) is 111 Å². The van der Waals surface area contributed by atoms with Gasteiger partial charge >= 0.3 is 88.7 Å². The van der Waals surface area contributed by atoms with Crippen molar-refractivity contribution in [3.05, 3.63) is 71.5 Å². The van der Waals surface area contributed by atoms with E-state index in [4.69, 9.17) is 0 Å². The molecule has 2 aromatic rings. The number of fused-ring (bicyclic) bond motifs is 2. The zero-order valence-corrected chi connectivity index (χ0v) is 46.7. The van der Waals surface area contributed by atoms with Crippen LogP contribution >= 0.6 is 12.0 Å². The third-order valence-electron chi connectivity index (χ3n) is 10.9. The summed E-state index contributed by atoms with van der Waals surface area (Å²) in [5, 5.41) is 13.6. The summed E-state index contributed by atoms with van der Waals surface area (Å²) < 4.78 is 108. The second kappa shape index (κ2) is 25.9. The first-order valence-electron chi connectivity index (χ1n) is 19.5. The SMILES string of the molecule is CCN(CCCSOO[O-])c1ccc2c(c1)C(C)(C)/C(=C\C=CC1=[N+](CCCS(=O)(=O)[O-])c3ccc(N(CC)CCCS(=O)(=O)[O-])cc3C1(C)C)N2CCCS(=O)(=O)O.[Na+].[Na+].[Na+]. The summed E-state index contributed by atoms with van der Waals surface area (Å²) in [5.41, 5.74) is 6.14. The molecule has 1 N–H and O–H groups in total. The molecule has 0 aliphatic carbocycles. The summed E-state index contributed by atoms with van der Waals surface area (Å²) in [6.07, 6.45) is 7.04. The molecule has 0 bridgehead atoms. The van der Waals surface area contributed by atoms with Gasteiger partial charge in [-0.25, -0.2) is 16.8 Å². The van der Waals surface area contributed by atoms with Crippen LogP contribution in [0.15, 0.2) is 60.3 Å². The van der Waals surface area contributed by atoms with Gasteiger partial charge in [-0.2, -0.15) is 17.3 Å². The van der Waals surface area contributed by atoms with Crippen LogP contribution in [0.5, 0.6) is 0 Å². The topological polar surface area (TPSA) is 223 Å². The van der Waals surface area contributed by atoms with Crippen molar-refractivity contribution in [1.82, 2.24) is 0 Å². The van der Waals surface area contributed by atoms with Gasteiger partial charge < -0.3 is 29.1 Å². The predicted molar refractivity (Wildman–Crippen MR) is 228 cm³/mol. The molecular formula is C39H56N4Na3O12S4+. The quantitative estimate of drug-likeness (QED) is 0.0199. The van der Waals surface area contributed by atoms with E-state index in [1.165, 1.54) is 0 Å². The van der Waals surface area contributed by atoms with Gasteiger partial charge in [-0.15, -0.1) is 0 Å². The minimum Gasteiger partial charge on any atom is -0.748 e. The van der Waals surface area contributed by atoms with Crippen LogP contribution in [-0.2, 0) is 50.6 Å². The molecule has 2 aromatic carbocycles. The molecule has 23 heteroatoms. The Morgan fingerprint density at radius 1 is 0.790 bits per heavy atom. The van der Waals surface area contributed by atoms with Crippen LogP contribution in [0.25, 0.3) is 0 Å². The molecule has 2 aliphatic heterocycles. The Morgan fingerprint density at radius 3 is 1.92 bits per heavy atom. The maximum absolute atomic E-state index is 11.7. The number of nitrogens with zero attached hydrogens (tertiary/aromatic N) is 4. The Morgan fingerprint density at radius 2 is 1.35 bits per heavy atom. The molecule has 0 saturated heterocycles. The number of hydrogen-bond donors (Lipinski definition) is 1. The van der Waals surface area contributed by atoms with Crippen molar-refractivity contribution >= 4 is 70.9 Å². The molecule has 0 amide bonds. The summed E-state index contributed by atoms with van der Waals surface area (Å²) in [4.78, 5) is 6.28. The van der Waals surface area contributed by atoms with Gasteiger partial charge in [0, 0.05) is 114 Å². The van der Waals surface area contributed by atoms with E-state index < -0.39 is 58.4 Å². The zero-order chi connectivity index (χ0) is 43.8. The normalized spacial score (nSPS) is 16.2. The first-order chi connectivity index (χ1) is 27.5. The summed E-state index contributed by atoms with van der Waals surface area (Å²) in [5.74, 6) is -0.848. The predicted octanol–water partition coefficient (Wildman–Crippen LogP) is -4.62. The third-order valence-corrected chi connectivity index (χ3v) is 13.9. The molecule has 2 aliphatic rings. The van der Waals surface area contributed by atoms with Gasteiger partial charge in [0.25, 0.3) is 10.1 Å². The van der Waals surface area contributed by atoms with Gasteiger partial charge in [-0.1, -0.05) is 19.9 Å². The third kappa shape index (κ3) is 16.6. The molecule has 62 heavy (non-hydrogen) atoms. The molecule has 330 valence electrons. The minimum absolute atomic E-state index is 0. The van der Waals surface area contributed by atoms with Crippen molar-refractivity contribution in [1.29, 1.82) is 0 Å². The molecule has 0 spiro atoms. The van der Waals surface area contributed by atoms with E-state index in [0.29, 0.717) is 31.9 Å². The van der Waals surface area contributed by atoms with E-state index in [9.17, 15) is 44.2 Å². The Kier molecular flexibility index (Phi) is 25.1. The molecule has 16 nitrogen and oxygen atoms in total. The van der Waals surface area contributed by atoms with Crippen LogP contribution in [0.3, 0.4) is 0 Å². The van der Waals surface area contributed by atoms with Crippen molar-refractivity contribution in [3.8, 4) is 0 Å². The molecule has 2 heterocycles. The first-order valence-corrected chi connectivity index (χ1v) is 25.2. The van der Waals surface area contributed by atoms with E-state index in [0.717, 1.165) is 70.3 Å². The van der Waals surface area contributed by atoms with Gasteiger partial charge in [0.1, 0.15) is 6.54 Å². The second-order valence-electron chi connectivity index (χ2n) is 15.6. The summed E-state index contributed by atoms with van der Waals surface area (Å²) in [6, 6.07) is 12.0. The number of benzene rings is 2. The van der Waals surface area contributed by atoms with Crippen LogP contribution in [0.1, 0.15) is 78.4 Å². The van der Waals surface area contributed by atoms with Gasteiger partial charge in [0.15, 0.2) is 5.71 Å². The van der Waals surface area contributed by atoms with Crippen molar-refractivity contribution in [2.24, 2.45) is 0 Å². The van der Waals surface area contributed by atoms with Gasteiger partial charge in [0.2, 0.25) is 5.69 Å². The van der Waals surface area contributed by atoms with Crippen LogP contribution < -0.4 is 109 Å². The van der Waals surface area contributed by atoms with Crippen LogP contribution in [0, 0.1) is 0 Å². The summed E-state index contributed by atoms with van der Waals surface area (Å²) >= 11 is 0.942. The van der Waals surface area contributed by atoms with Gasteiger partial charge in [-0.05, 0) is 88.9 Å². The minimum atomic E-state index is -4.46. The van der Waals surface area contributed by atoms with E-state index >= 15 is 0 Å². The maximum atomic E-state index is 11.7. The second-order valence-corrected chi connectivity index (χ2v) is 21.0. The number of hydrogen-bond acceptors (Lipinski definition) is 15. The zero-order valence-electron chi connectivity index (χ0n) is 37.5. The smallest absolute Gasteiger partial charge is 0.748 e. The maximum Gasteiger partial charge on any atom is 1.00 e. The van der Waals surface area contributed by atoms with Gasteiger partial charge in [0.05, 0.1) is 31.4 Å². The number of rotatable bonds is 24. The fourth-order valence-electron chi connectivity index (χ4n) is 7.98. The molecule has 4 rings (SSSR count). The van der Waals surface area contributed by atoms with Gasteiger partial charge in [-0.3, -0.25) is 9.59 Å². The van der Waals surface area contributed by atoms with E-state index in [-0.39, 0.29) is 114 Å². The molecular weight excluding hydrogens is 914 g/mol. The molecule has 0 saturated carbocycles. The Balaban J connectivity index is 0.00000641. The van der Waals surface area contributed by atoms with Crippen molar-refractivity contribution < 1.29 is 147 Å². The van der Waals surface area contributed by atoms with Crippen LogP contribution in [0.4, 0.5) is 22.7 Å². The standard InChI is InChI=1S/C39H58N4O12S4.3Na/c1-7-40(20-10-24-56-55-54-44)30-16-18-34-32(28-30)38(3,4)36(42(34)22-12-26-58(48,49)50)14-9-15-37-39(5,6)33-29-31(41(8-2)21-11-25-57(45,46)47)17-19-35(33)43(37)23-13-27-59(51,52)53;;;/h9,14-19,28-29H,7-8,10-13,20-27H2,1-6H3,(H3-,44,45,46,47,48,49,50,51,52,53);;;/q;3*+1/p-2. The average molecular weight is 970 g/mol. The molecule has 0 aromatic heterocycles. The number of allylic oxidation sites excluding steroid dienone is 4. The fourth-order valence-corrected chi connectivity index (χ4v) is 9.79. The van der Waals surface area contributed by atoms with Crippen molar-refractivity contribution in [2.45, 2.75) is 78.1 Å². The average Bonchev–Trinajstić information content (AvgIpc) is 3.47. The molecule has 0 radical (unpaired) electrons. The van der Waals surface area contributed by atoms with Crippen molar-refractivity contribution in [3.63, 3.8) is 0 Å². The van der Waals surface area contributed by atoms with E-state index in [1.54, 1.807) is 0 Å². The summed E-state index contributed by atoms with van der Waals surface area (Å²) in [7, 11) is -13.0. The van der Waals surface area contributed by atoms with E-state index in [2.05, 4.69) is 59.9 Å². The Bertz CT molecular complexity index is 2240. The monoisotopic (exact) mass is 969 g/mol. The number of anilines is 3. The molecule has 0 fully saturated rings. The molecule has 0 atom stereocenters. The fraction of sp³-hybridized carbons (Fsp3) is 0.564.